The molecule has 19 heavy (non-hydrogen) atoms. The summed E-state index contributed by atoms with van der Waals surface area (Å²) in [5.74, 6) is -0.224. The van der Waals surface area contributed by atoms with Gasteiger partial charge in [0.25, 0.3) is 5.91 Å². The molecule has 1 aromatic carbocycles. The lowest BCUT2D eigenvalue weighted by atomic mass is 10.3. The van der Waals surface area contributed by atoms with E-state index in [1.807, 2.05) is 6.07 Å². The van der Waals surface area contributed by atoms with Crippen LogP contribution in [-0.2, 0) is 0 Å². The number of fused-ring (bicyclic) bond motifs is 1. The van der Waals surface area contributed by atoms with E-state index in [1.54, 1.807) is 30.5 Å². The van der Waals surface area contributed by atoms with Crippen LogP contribution in [0.25, 0.3) is 10.2 Å². The normalized spacial score (nSPS) is 10.6. The highest BCUT2D eigenvalue weighted by atomic mass is 35.5. The van der Waals surface area contributed by atoms with Crippen molar-refractivity contribution in [3.63, 3.8) is 0 Å². The average molecular weight is 290 g/mol. The second-order valence-corrected chi connectivity index (χ2v) is 5.29. The number of nitrogens with zero attached hydrogens (tertiary/aromatic N) is 2. The molecular formula is C13H8ClN3OS. The molecule has 0 atom stereocenters. The fourth-order valence-corrected chi connectivity index (χ4v) is 2.63. The molecule has 1 N–H and O–H groups in total. The van der Waals surface area contributed by atoms with Crippen LogP contribution in [0.4, 0.5) is 5.13 Å². The molecule has 94 valence electrons. The molecule has 4 nitrogen and oxygen atoms in total. The summed E-state index contributed by atoms with van der Waals surface area (Å²) in [6.45, 7) is 0. The quantitative estimate of drug-likeness (QED) is 0.784. The number of thiazole rings is 1. The first-order chi connectivity index (χ1) is 9.22. The Bertz CT molecular complexity index is 742. The highest BCUT2D eigenvalue weighted by molar-refractivity contribution is 7.22. The Kier molecular flexibility index (Phi) is 3.15. The molecule has 0 spiro atoms. The topological polar surface area (TPSA) is 54.9 Å². The van der Waals surface area contributed by atoms with Gasteiger partial charge in [-0.15, -0.1) is 0 Å². The van der Waals surface area contributed by atoms with Crippen molar-refractivity contribution < 1.29 is 4.79 Å². The van der Waals surface area contributed by atoms with Gasteiger partial charge in [0.1, 0.15) is 0 Å². The van der Waals surface area contributed by atoms with Gasteiger partial charge in [0.2, 0.25) is 0 Å². The van der Waals surface area contributed by atoms with Crippen molar-refractivity contribution in [2.24, 2.45) is 0 Å². The smallest absolute Gasteiger partial charge is 0.259 e. The molecule has 1 amide bonds. The van der Waals surface area contributed by atoms with E-state index in [9.17, 15) is 4.79 Å². The van der Waals surface area contributed by atoms with Gasteiger partial charge >= 0.3 is 0 Å². The standard InChI is InChI=1S/C13H8ClN3OS/c14-9-3-4-11-10(6-9)16-13(19-11)17-12(18)8-2-1-5-15-7-8/h1-7H,(H,16,17,18). The average Bonchev–Trinajstić information content (AvgIpc) is 2.81. The minimum atomic E-state index is -0.224. The molecule has 0 radical (unpaired) electrons. The Morgan fingerprint density at radius 3 is 3.00 bits per heavy atom. The maximum Gasteiger partial charge on any atom is 0.259 e. The highest BCUT2D eigenvalue weighted by Crippen LogP contribution is 2.28. The summed E-state index contributed by atoms with van der Waals surface area (Å²) in [6.07, 6.45) is 3.13. The molecular weight excluding hydrogens is 282 g/mol. The number of rotatable bonds is 2. The van der Waals surface area contributed by atoms with Crippen molar-refractivity contribution >= 4 is 44.2 Å². The van der Waals surface area contributed by atoms with E-state index in [2.05, 4.69) is 15.3 Å². The van der Waals surface area contributed by atoms with Gasteiger partial charge in [0, 0.05) is 17.4 Å². The first kappa shape index (κ1) is 12.1. The van der Waals surface area contributed by atoms with Crippen molar-refractivity contribution in [3.8, 4) is 0 Å². The first-order valence-corrected chi connectivity index (χ1v) is 6.69. The Morgan fingerprint density at radius 2 is 2.21 bits per heavy atom. The van der Waals surface area contributed by atoms with Crippen LogP contribution >= 0.6 is 22.9 Å². The number of amides is 1. The third-order valence-electron chi connectivity index (χ3n) is 2.49. The monoisotopic (exact) mass is 289 g/mol. The molecule has 0 aliphatic rings. The Hall–Kier alpha value is -1.98. The minimum Gasteiger partial charge on any atom is -0.298 e. The van der Waals surface area contributed by atoms with E-state index in [-0.39, 0.29) is 5.91 Å². The summed E-state index contributed by atoms with van der Waals surface area (Å²) in [4.78, 5) is 20.2. The number of carbonyl (C=O) groups is 1. The van der Waals surface area contributed by atoms with Gasteiger partial charge in [-0.1, -0.05) is 22.9 Å². The second-order valence-electron chi connectivity index (χ2n) is 3.83. The fourth-order valence-electron chi connectivity index (χ4n) is 1.62. The number of carbonyl (C=O) groups excluding carboxylic acids is 1. The molecule has 2 heterocycles. The zero-order chi connectivity index (χ0) is 13.2. The summed E-state index contributed by atoms with van der Waals surface area (Å²) in [7, 11) is 0. The van der Waals surface area contributed by atoms with Crippen LogP contribution in [0.1, 0.15) is 10.4 Å². The van der Waals surface area contributed by atoms with Crippen molar-refractivity contribution in [1.29, 1.82) is 0 Å². The zero-order valence-electron chi connectivity index (χ0n) is 9.63. The van der Waals surface area contributed by atoms with Crippen LogP contribution in [0.2, 0.25) is 5.02 Å². The summed E-state index contributed by atoms with van der Waals surface area (Å²) in [5.41, 5.74) is 1.28. The Morgan fingerprint density at radius 1 is 1.32 bits per heavy atom. The number of aromatic nitrogens is 2. The molecule has 0 unspecified atom stereocenters. The van der Waals surface area contributed by atoms with Crippen molar-refractivity contribution in [1.82, 2.24) is 9.97 Å². The van der Waals surface area contributed by atoms with Crippen molar-refractivity contribution in [3.05, 3.63) is 53.3 Å². The van der Waals surface area contributed by atoms with E-state index in [1.165, 1.54) is 17.5 Å². The third-order valence-corrected chi connectivity index (χ3v) is 3.68. The van der Waals surface area contributed by atoms with Crippen LogP contribution in [0.3, 0.4) is 0 Å². The van der Waals surface area contributed by atoms with E-state index in [0.717, 1.165) is 10.2 Å². The molecule has 3 rings (SSSR count). The molecule has 0 saturated heterocycles. The van der Waals surface area contributed by atoms with Crippen LogP contribution < -0.4 is 5.32 Å². The molecule has 6 heteroatoms. The molecule has 0 saturated carbocycles. The van der Waals surface area contributed by atoms with E-state index >= 15 is 0 Å². The lowest BCUT2D eigenvalue weighted by Crippen LogP contribution is -2.11. The maximum absolute atomic E-state index is 11.9. The summed E-state index contributed by atoms with van der Waals surface area (Å²) in [5, 5.41) is 3.93. The number of hydrogen-bond acceptors (Lipinski definition) is 4. The highest BCUT2D eigenvalue weighted by Gasteiger charge is 2.09. The largest absolute Gasteiger partial charge is 0.298 e. The lowest BCUT2D eigenvalue weighted by molar-refractivity contribution is 0.102. The van der Waals surface area contributed by atoms with Gasteiger partial charge in [-0.25, -0.2) is 4.98 Å². The number of hydrogen-bond donors (Lipinski definition) is 1. The molecule has 2 aromatic heterocycles. The number of anilines is 1. The number of pyridine rings is 1. The van der Waals surface area contributed by atoms with E-state index in [4.69, 9.17) is 11.6 Å². The molecule has 0 aliphatic carbocycles. The number of benzene rings is 1. The van der Waals surface area contributed by atoms with Gasteiger partial charge < -0.3 is 0 Å². The van der Waals surface area contributed by atoms with Gasteiger partial charge in [0.05, 0.1) is 15.8 Å². The molecule has 0 fully saturated rings. The molecule has 0 bridgehead atoms. The van der Waals surface area contributed by atoms with Crippen LogP contribution in [0, 0.1) is 0 Å². The Balaban J connectivity index is 1.87. The van der Waals surface area contributed by atoms with Crippen LogP contribution in [-0.4, -0.2) is 15.9 Å². The maximum atomic E-state index is 11.9. The number of halogens is 1. The predicted molar refractivity (Wildman–Crippen MR) is 76.8 cm³/mol. The van der Waals surface area contributed by atoms with Crippen LogP contribution in [0.15, 0.2) is 42.7 Å². The Labute approximate surface area is 118 Å². The first-order valence-electron chi connectivity index (χ1n) is 5.50. The molecule has 0 aliphatic heterocycles. The van der Waals surface area contributed by atoms with Crippen LogP contribution in [0.5, 0.6) is 0 Å². The van der Waals surface area contributed by atoms with Gasteiger partial charge in [0.15, 0.2) is 5.13 Å². The van der Waals surface area contributed by atoms with Crippen molar-refractivity contribution in [2.45, 2.75) is 0 Å². The van der Waals surface area contributed by atoms with Gasteiger partial charge in [-0.05, 0) is 30.3 Å². The van der Waals surface area contributed by atoms with Crippen molar-refractivity contribution in [2.75, 3.05) is 5.32 Å². The predicted octanol–water partition coefficient (Wildman–Crippen LogP) is 3.60. The summed E-state index contributed by atoms with van der Waals surface area (Å²) >= 11 is 7.31. The third kappa shape index (κ3) is 2.57. The number of nitrogens with one attached hydrogen (secondary N) is 1. The fraction of sp³-hybridized carbons (Fsp3) is 0. The lowest BCUT2D eigenvalue weighted by Gasteiger charge is -1.99. The summed E-state index contributed by atoms with van der Waals surface area (Å²) < 4.78 is 0.978. The van der Waals surface area contributed by atoms with E-state index in [0.29, 0.717) is 15.7 Å². The second kappa shape index (κ2) is 4.95. The zero-order valence-corrected chi connectivity index (χ0v) is 11.2. The van der Waals surface area contributed by atoms with Gasteiger partial charge in [-0.2, -0.15) is 0 Å². The van der Waals surface area contributed by atoms with E-state index < -0.39 is 0 Å². The minimum absolute atomic E-state index is 0.224. The SMILES string of the molecule is O=C(Nc1nc2cc(Cl)ccc2s1)c1cccnc1. The molecule has 3 aromatic rings. The summed E-state index contributed by atoms with van der Waals surface area (Å²) in [6, 6.07) is 8.87. The van der Waals surface area contributed by atoms with Gasteiger partial charge in [-0.3, -0.25) is 15.1 Å².